The van der Waals surface area contributed by atoms with Gasteiger partial charge < -0.3 is 20.7 Å². The normalized spacial score (nSPS) is 11.6. The zero-order valence-electron chi connectivity index (χ0n) is 14.7. The van der Waals surface area contributed by atoms with Gasteiger partial charge in [-0.15, -0.1) is 0 Å². The first-order valence-corrected chi connectivity index (χ1v) is 8.27. The van der Waals surface area contributed by atoms with Gasteiger partial charge in [0.2, 0.25) is 0 Å². The Morgan fingerprint density at radius 1 is 1.35 bits per heavy atom. The van der Waals surface area contributed by atoms with Crippen molar-refractivity contribution in [2.75, 3.05) is 33.5 Å². The van der Waals surface area contributed by atoms with E-state index in [0.29, 0.717) is 28.6 Å². The molecule has 0 aliphatic heterocycles. The largest absolute Gasteiger partial charge is 0.496 e. The van der Waals surface area contributed by atoms with Crippen LogP contribution in [0.5, 0.6) is 5.75 Å². The Kier molecular flexibility index (Phi) is 7.16. The van der Waals surface area contributed by atoms with Crippen molar-refractivity contribution in [1.82, 2.24) is 10.2 Å². The molecular formula is C17H28ClN3O2. The van der Waals surface area contributed by atoms with Crippen LogP contribution in [0.3, 0.4) is 0 Å². The van der Waals surface area contributed by atoms with E-state index >= 15 is 0 Å². The maximum absolute atomic E-state index is 12.4. The van der Waals surface area contributed by atoms with E-state index in [9.17, 15) is 4.79 Å². The van der Waals surface area contributed by atoms with Crippen LogP contribution in [0.4, 0.5) is 5.69 Å². The van der Waals surface area contributed by atoms with Gasteiger partial charge in [0, 0.05) is 18.2 Å². The Hall–Kier alpha value is -1.46. The molecule has 0 radical (unpaired) electrons. The Bertz CT molecular complexity index is 543. The summed E-state index contributed by atoms with van der Waals surface area (Å²) in [6.45, 7) is 4.94. The molecule has 1 aromatic rings. The van der Waals surface area contributed by atoms with Crippen LogP contribution < -0.4 is 15.8 Å². The summed E-state index contributed by atoms with van der Waals surface area (Å²) in [5, 5.41) is 3.30. The summed E-state index contributed by atoms with van der Waals surface area (Å²) in [4.78, 5) is 14.7. The number of hydrogen-bond donors (Lipinski definition) is 2. The van der Waals surface area contributed by atoms with Crippen LogP contribution in [0.2, 0.25) is 5.02 Å². The highest BCUT2D eigenvalue weighted by Crippen LogP contribution is 2.29. The van der Waals surface area contributed by atoms with Crippen molar-refractivity contribution in [3.8, 4) is 5.75 Å². The monoisotopic (exact) mass is 341 g/mol. The second kappa shape index (κ2) is 8.41. The number of halogens is 1. The molecular weight excluding hydrogens is 314 g/mol. The summed E-state index contributed by atoms with van der Waals surface area (Å²) in [5.41, 5.74) is 6.63. The molecule has 3 N–H and O–H groups in total. The predicted molar refractivity (Wildman–Crippen MR) is 96.4 cm³/mol. The molecule has 0 spiro atoms. The summed E-state index contributed by atoms with van der Waals surface area (Å²) in [7, 11) is 5.67. The molecule has 0 aliphatic carbocycles. The topological polar surface area (TPSA) is 67.6 Å². The number of carbonyl (C=O) groups is 1. The van der Waals surface area contributed by atoms with Crippen molar-refractivity contribution >= 4 is 23.2 Å². The highest BCUT2D eigenvalue weighted by atomic mass is 35.5. The van der Waals surface area contributed by atoms with Crippen LogP contribution in [0.1, 0.15) is 43.5 Å². The van der Waals surface area contributed by atoms with Gasteiger partial charge in [-0.25, -0.2) is 0 Å². The third kappa shape index (κ3) is 4.52. The average Bonchev–Trinajstić information content (AvgIpc) is 2.53. The summed E-state index contributed by atoms with van der Waals surface area (Å²) in [5.74, 6) is 0.220. The third-order valence-corrected chi connectivity index (χ3v) is 5.03. The van der Waals surface area contributed by atoms with Gasteiger partial charge in [0.1, 0.15) is 5.75 Å². The van der Waals surface area contributed by atoms with E-state index in [1.165, 1.54) is 7.11 Å². The number of carbonyl (C=O) groups excluding carboxylic acids is 1. The van der Waals surface area contributed by atoms with Gasteiger partial charge in [-0.2, -0.15) is 0 Å². The van der Waals surface area contributed by atoms with Crippen molar-refractivity contribution in [2.45, 2.75) is 38.6 Å². The Morgan fingerprint density at radius 2 is 1.96 bits per heavy atom. The minimum atomic E-state index is -0.205. The summed E-state index contributed by atoms with van der Waals surface area (Å²) in [6.07, 6.45) is 2.94. The molecule has 23 heavy (non-hydrogen) atoms. The fourth-order valence-electron chi connectivity index (χ4n) is 2.88. The van der Waals surface area contributed by atoms with Gasteiger partial charge in [0.25, 0.3) is 5.91 Å². The van der Waals surface area contributed by atoms with Gasteiger partial charge in [-0.3, -0.25) is 4.79 Å². The number of anilines is 1. The Balaban J connectivity index is 2.80. The molecule has 0 fully saturated rings. The van der Waals surface area contributed by atoms with Crippen LogP contribution in [-0.2, 0) is 0 Å². The molecule has 0 heterocycles. The standard InChI is InChI=1S/C17H28ClN3O2/c1-6-17(7-2,21(3)4)8-9-20-16(22)12-10-13(18)14(19)11-15(12)23-5/h10-11H,6-9,19H2,1-5H3,(H,20,22). The van der Waals surface area contributed by atoms with Crippen LogP contribution in [0.25, 0.3) is 0 Å². The number of amides is 1. The smallest absolute Gasteiger partial charge is 0.255 e. The maximum atomic E-state index is 12.4. The van der Waals surface area contributed by atoms with E-state index in [0.717, 1.165) is 19.3 Å². The van der Waals surface area contributed by atoms with E-state index in [-0.39, 0.29) is 11.4 Å². The number of nitrogens with zero attached hydrogens (tertiary/aromatic N) is 1. The van der Waals surface area contributed by atoms with Gasteiger partial charge in [-0.05, 0) is 39.4 Å². The van der Waals surface area contributed by atoms with Crippen LogP contribution >= 0.6 is 11.6 Å². The van der Waals surface area contributed by atoms with Crippen LogP contribution in [-0.4, -0.2) is 44.1 Å². The molecule has 0 unspecified atom stereocenters. The highest BCUT2D eigenvalue weighted by Gasteiger charge is 2.28. The van der Waals surface area contributed by atoms with Crippen LogP contribution in [0.15, 0.2) is 12.1 Å². The minimum absolute atomic E-state index is 0.0934. The lowest BCUT2D eigenvalue weighted by molar-refractivity contribution is 0.0922. The van der Waals surface area contributed by atoms with E-state index < -0.39 is 0 Å². The summed E-state index contributed by atoms with van der Waals surface area (Å²) >= 11 is 6.01. The molecule has 0 saturated heterocycles. The van der Waals surface area contributed by atoms with Crippen molar-refractivity contribution in [2.24, 2.45) is 0 Å². The van der Waals surface area contributed by atoms with Gasteiger partial charge >= 0.3 is 0 Å². The number of hydrogen-bond acceptors (Lipinski definition) is 4. The molecule has 0 saturated carbocycles. The lowest BCUT2D eigenvalue weighted by Crippen LogP contribution is -2.45. The maximum Gasteiger partial charge on any atom is 0.255 e. The van der Waals surface area contributed by atoms with E-state index in [2.05, 4.69) is 38.2 Å². The van der Waals surface area contributed by atoms with E-state index in [1.807, 2.05) is 0 Å². The quantitative estimate of drug-likeness (QED) is 0.713. The number of benzene rings is 1. The zero-order chi connectivity index (χ0) is 17.6. The third-order valence-electron chi connectivity index (χ3n) is 4.70. The van der Waals surface area contributed by atoms with Crippen LogP contribution in [0, 0.1) is 0 Å². The number of nitrogens with one attached hydrogen (secondary N) is 1. The van der Waals surface area contributed by atoms with Crippen molar-refractivity contribution < 1.29 is 9.53 Å². The fraction of sp³-hybridized carbons (Fsp3) is 0.588. The lowest BCUT2D eigenvalue weighted by Gasteiger charge is -2.38. The number of nitrogens with two attached hydrogens (primary N) is 1. The molecule has 1 rings (SSSR count). The number of rotatable bonds is 8. The SMILES string of the molecule is CCC(CC)(CCNC(=O)c1cc(Cl)c(N)cc1OC)N(C)C. The Morgan fingerprint density at radius 3 is 2.43 bits per heavy atom. The molecule has 1 aromatic carbocycles. The fourth-order valence-corrected chi connectivity index (χ4v) is 3.04. The Labute approximate surface area is 144 Å². The zero-order valence-corrected chi connectivity index (χ0v) is 15.5. The van der Waals surface area contributed by atoms with Gasteiger partial charge in [0.15, 0.2) is 0 Å². The molecule has 0 atom stereocenters. The molecule has 130 valence electrons. The minimum Gasteiger partial charge on any atom is -0.496 e. The molecule has 0 aromatic heterocycles. The molecule has 5 nitrogen and oxygen atoms in total. The molecule has 0 bridgehead atoms. The number of nitrogen functional groups attached to an aromatic ring is 1. The van der Waals surface area contributed by atoms with E-state index in [4.69, 9.17) is 22.1 Å². The van der Waals surface area contributed by atoms with Gasteiger partial charge in [-0.1, -0.05) is 25.4 Å². The van der Waals surface area contributed by atoms with Crippen molar-refractivity contribution in [1.29, 1.82) is 0 Å². The summed E-state index contributed by atoms with van der Waals surface area (Å²) < 4.78 is 5.22. The first kappa shape index (κ1) is 19.6. The predicted octanol–water partition coefficient (Wildman–Crippen LogP) is 3.17. The summed E-state index contributed by atoms with van der Waals surface area (Å²) in [6, 6.07) is 3.11. The molecule has 0 aliphatic rings. The van der Waals surface area contributed by atoms with Crippen molar-refractivity contribution in [3.63, 3.8) is 0 Å². The molecule has 1 amide bonds. The highest BCUT2D eigenvalue weighted by molar-refractivity contribution is 6.33. The number of methoxy groups -OCH3 is 1. The first-order chi connectivity index (χ1) is 10.8. The first-order valence-electron chi connectivity index (χ1n) is 7.90. The number of ether oxygens (including phenoxy) is 1. The second-order valence-corrected chi connectivity index (χ2v) is 6.31. The average molecular weight is 342 g/mol. The van der Waals surface area contributed by atoms with Gasteiger partial charge in [0.05, 0.1) is 23.4 Å². The van der Waals surface area contributed by atoms with E-state index in [1.54, 1.807) is 12.1 Å². The lowest BCUT2D eigenvalue weighted by atomic mass is 9.87. The molecule has 6 heteroatoms. The second-order valence-electron chi connectivity index (χ2n) is 5.91. The van der Waals surface area contributed by atoms with Crippen molar-refractivity contribution in [3.05, 3.63) is 22.7 Å².